The monoisotopic (exact) mass is 540 g/mol. The lowest BCUT2D eigenvalue weighted by Crippen LogP contribution is -2.36. The van der Waals surface area contributed by atoms with Crippen LogP contribution < -0.4 is 10.6 Å². The van der Waals surface area contributed by atoms with Crippen LogP contribution in [-0.2, 0) is 29.5 Å². The van der Waals surface area contributed by atoms with Crippen LogP contribution in [0.2, 0.25) is 0 Å². The molecule has 0 aliphatic carbocycles. The van der Waals surface area contributed by atoms with Gasteiger partial charge in [0.2, 0.25) is 10.0 Å². The lowest BCUT2D eigenvalue weighted by Gasteiger charge is -2.26. The Hall–Kier alpha value is -3.05. The van der Waals surface area contributed by atoms with Gasteiger partial charge in [0, 0.05) is 43.2 Å². The molecule has 1 aliphatic rings. The number of hydrogen-bond donors (Lipinski definition) is 2. The molecule has 1 aromatic heterocycles. The number of thiophene rings is 1. The van der Waals surface area contributed by atoms with E-state index in [9.17, 15) is 18.0 Å². The van der Waals surface area contributed by atoms with Crippen LogP contribution in [0.25, 0.3) is 0 Å². The molecule has 3 aromatic rings. The lowest BCUT2D eigenvalue weighted by atomic mass is 10.0. The number of fused-ring (bicyclic) bond motifs is 1. The molecule has 0 radical (unpaired) electrons. The average molecular weight is 541 g/mol. The quantitative estimate of drug-likeness (QED) is 0.451. The van der Waals surface area contributed by atoms with Crippen molar-refractivity contribution in [1.82, 2.24) is 14.5 Å². The van der Waals surface area contributed by atoms with Crippen LogP contribution in [0.1, 0.15) is 50.6 Å². The van der Waals surface area contributed by atoms with Gasteiger partial charge in [-0.1, -0.05) is 30.3 Å². The highest BCUT2D eigenvalue weighted by molar-refractivity contribution is 7.89. The average Bonchev–Trinajstić information content (AvgIpc) is 3.23. The van der Waals surface area contributed by atoms with Crippen LogP contribution in [0, 0.1) is 0 Å². The summed E-state index contributed by atoms with van der Waals surface area (Å²) < 4.78 is 28.3. The Morgan fingerprint density at radius 3 is 2.35 bits per heavy atom. The van der Waals surface area contributed by atoms with E-state index in [1.165, 1.54) is 39.9 Å². The third kappa shape index (κ3) is 5.77. The SMILES string of the molecule is CNC(=O)c1c(NC(=O)c2ccc(S(=O)(=O)N(Cc3ccccc3)C(C)C)cc2)sc2c1CCN(C)C2. The van der Waals surface area contributed by atoms with Crippen LogP contribution >= 0.6 is 11.3 Å². The minimum absolute atomic E-state index is 0.120. The highest BCUT2D eigenvalue weighted by Gasteiger charge is 2.29. The molecule has 1 aliphatic heterocycles. The third-order valence-electron chi connectivity index (χ3n) is 6.41. The Morgan fingerprint density at radius 1 is 1.05 bits per heavy atom. The molecule has 0 bridgehead atoms. The number of hydrogen-bond acceptors (Lipinski definition) is 6. The van der Waals surface area contributed by atoms with Gasteiger partial charge in [-0.3, -0.25) is 9.59 Å². The fraction of sp³-hybridized carbons (Fsp3) is 0.333. The number of sulfonamides is 1. The lowest BCUT2D eigenvalue weighted by molar-refractivity contribution is 0.0962. The van der Waals surface area contributed by atoms with E-state index in [0.717, 1.165) is 35.5 Å². The molecule has 0 fully saturated rings. The molecule has 37 heavy (non-hydrogen) atoms. The van der Waals surface area contributed by atoms with E-state index in [0.29, 0.717) is 16.1 Å². The molecule has 2 heterocycles. The van der Waals surface area contributed by atoms with Gasteiger partial charge in [0.15, 0.2) is 0 Å². The predicted octanol–water partition coefficient (Wildman–Crippen LogP) is 3.95. The van der Waals surface area contributed by atoms with Gasteiger partial charge >= 0.3 is 0 Å². The Kier molecular flexibility index (Phi) is 8.13. The van der Waals surface area contributed by atoms with E-state index in [2.05, 4.69) is 15.5 Å². The Labute approximate surface area is 222 Å². The van der Waals surface area contributed by atoms with E-state index in [1.54, 1.807) is 7.05 Å². The van der Waals surface area contributed by atoms with Gasteiger partial charge in [0.25, 0.3) is 11.8 Å². The Balaban J connectivity index is 1.56. The van der Waals surface area contributed by atoms with Crippen LogP contribution in [0.3, 0.4) is 0 Å². The molecule has 0 saturated carbocycles. The van der Waals surface area contributed by atoms with Crippen molar-refractivity contribution in [2.45, 2.75) is 44.3 Å². The molecule has 8 nitrogen and oxygen atoms in total. The molecule has 0 atom stereocenters. The van der Waals surface area contributed by atoms with Gasteiger partial charge in [-0.25, -0.2) is 8.42 Å². The minimum atomic E-state index is -3.78. The first-order valence-electron chi connectivity index (χ1n) is 12.1. The van der Waals surface area contributed by atoms with Crippen LogP contribution in [0.5, 0.6) is 0 Å². The van der Waals surface area contributed by atoms with Crippen molar-refractivity contribution in [3.63, 3.8) is 0 Å². The maximum Gasteiger partial charge on any atom is 0.256 e. The number of amides is 2. The second kappa shape index (κ2) is 11.1. The predicted molar refractivity (Wildman–Crippen MR) is 146 cm³/mol. The summed E-state index contributed by atoms with van der Waals surface area (Å²) in [5, 5.41) is 6.07. The maximum atomic E-state index is 13.4. The molecule has 2 aromatic carbocycles. The first kappa shape index (κ1) is 27.0. The van der Waals surface area contributed by atoms with Crippen molar-refractivity contribution in [2.24, 2.45) is 0 Å². The van der Waals surface area contributed by atoms with E-state index in [-0.39, 0.29) is 23.4 Å². The van der Waals surface area contributed by atoms with Gasteiger partial charge in [0.1, 0.15) is 5.00 Å². The second-order valence-corrected chi connectivity index (χ2v) is 12.4. The smallest absolute Gasteiger partial charge is 0.256 e. The first-order chi connectivity index (χ1) is 17.6. The van der Waals surface area contributed by atoms with Gasteiger partial charge in [-0.15, -0.1) is 11.3 Å². The molecule has 2 amide bonds. The number of anilines is 1. The summed E-state index contributed by atoms with van der Waals surface area (Å²) in [6, 6.07) is 15.1. The fourth-order valence-electron chi connectivity index (χ4n) is 4.38. The zero-order valence-corrected chi connectivity index (χ0v) is 23.1. The standard InChI is InChI=1S/C27H32N4O4S2/c1-18(2)31(16-19-8-6-5-7-9-19)37(34,35)21-12-10-20(11-13-21)25(32)29-27-24(26(33)28-3)22-14-15-30(4)17-23(22)36-27/h5-13,18H,14-17H2,1-4H3,(H,28,33)(H,29,32). The number of benzene rings is 2. The van der Waals surface area contributed by atoms with Crippen molar-refractivity contribution in [2.75, 3.05) is 26.0 Å². The van der Waals surface area contributed by atoms with Crippen LogP contribution in [0.4, 0.5) is 5.00 Å². The number of carbonyl (C=O) groups excluding carboxylic acids is 2. The molecule has 4 rings (SSSR count). The van der Waals surface area contributed by atoms with Crippen molar-refractivity contribution in [3.05, 3.63) is 81.7 Å². The second-order valence-electron chi connectivity index (χ2n) is 9.38. The summed E-state index contributed by atoms with van der Waals surface area (Å²) in [4.78, 5) is 29.1. The van der Waals surface area contributed by atoms with Crippen molar-refractivity contribution in [3.8, 4) is 0 Å². The zero-order chi connectivity index (χ0) is 26.7. The van der Waals surface area contributed by atoms with Gasteiger partial charge in [-0.05, 0) is 62.7 Å². The van der Waals surface area contributed by atoms with Crippen molar-refractivity contribution < 1.29 is 18.0 Å². The van der Waals surface area contributed by atoms with E-state index < -0.39 is 15.9 Å². The highest BCUT2D eigenvalue weighted by Crippen LogP contribution is 2.37. The zero-order valence-electron chi connectivity index (χ0n) is 21.4. The van der Waals surface area contributed by atoms with Crippen molar-refractivity contribution >= 4 is 38.2 Å². The third-order valence-corrected chi connectivity index (χ3v) is 9.58. The minimum Gasteiger partial charge on any atom is -0.355 e. The largest absolute Gasteiger partial charge is 0.355 e. The summed E-state index contributed by atoms with van der Waals surface area (Å²) in [5.74, 6) is -0.628. The summed E-state index contributed by atoms with van der Waals surface area (Å²) in [6.07, 6.45) is 0.739. The van der Waals surface area contributed by atoms with Gasteiger partial charge in [0.05, 0.1) is 10.5 Å². The molecule has 10 heteroatoms. The van der Waals surface area contributed by atoms with Gasteiger partial charge in [-0.2, -0.15) is 4.31 Å². The Bertz CT molecular complexity index is 1380. The van der Waals surface area contributed by atoms with Crippen molar-refractivity contribution in [1.29, 1.82) is 0 Å². The van der Waals surface area contributed by atoms with E-state index >= 15 is 0 Å². The maximum absolute atomic E-state index is 13.4. The Morgan fingerprint density at radius 2 is 1.73 bits per heavy atom. The fourth-order valence-corrected chi connectivity index (χ4v) is 7.33. The first-order valence-corrected chi connectivity index (χ1v) is 14.4. The summed E-state index contributed by atoms with van der Waals surface area (Å²) in [5.41, 5.74) is 2.69. The summed E-state index contributed by atoms with van der Waals surface area (Å²) >= 11 is 1.41. The van der Waals surface area contributed by atoms with Crippen LogP contribution in [-0.4, -0.2) is 56.1 Å². The summed E-state index contributed by atoms with van der Waals surface area (Å²) in [6.45, 7) is 5.50. The molecule has 2 N–H and O–H groups in total. The molecular weight excluding hydrogens is 508 g/mol. The number of likely N-dealkylation sites (N-methyl/N-ethyl adjacent to an activating group) is 1. The number of carbonyl (C=O) groups is 2. The van der Waals surface area contributed by atoms with E-state index in [1.807, 2.05) is 51.2 Å². The highest BCUT2D eigenvalue weighted by atomic mass is 32.2. The molecule has 0 saturated heterocycles. The molecular formula is C27H32N4O4S2. The number of rotatable bonds is 8. The van der Waals surface area contributed by atoms with Crippen LogP contribution in [0.15, 0.2) is 59.5 Å². The normalized spacial score (nSPS) is 14.0. The van der Waals surface area contributed by atoms with Gasteiger partial charge < -0.3 is 15.5 Å². The summed E-state index contributed by atoms with van der Waals surface area (Å²) in [7, 11) is -0.185. The topological polar surface area (TPSA) is 98.8 Å². The van der Waals surface area contributed by atoms with E-state index in [4.69, 9.17) is 0 Å². The number of nitrogens with zero attached hydrogens (tertiary/aromatic N) is 2. The molecule has 196 valence electrons. The number of nitrogens with one attached hydrogen (secondary N) is 2. The molecule has 0 unspecified atom stereocenters. The molecule has 0 spiro atoms.